The minimum Gasteiger partial charge on any atom is -0.359 e. The van der Waals surface area contributed by atoms with Crippen LogP contribution in [0.1, 0.15) is 12.8 Å². The topological polar surface area (TPSA) is 28.2 Å². The maximum atomic E-state index is 6.17. The van der Waals surface area contributed by atoms with E-state index >= 15 is 0 Å². The van der Waals surface area contributed by atoms with Crippen LogP contribution in [-0.4, -0.2) is 36.1 Å². The van der Waals surface area contributed by atoms with Gasteiger partial charge in [-0.3, -0.25) is 0 Å². The molecule has 1 fully saturated rings. The van der Waals surface area contributed by atoms with Gasteiger partial charge in [-0.05, 0) is 45.1 Å². The molecule has 0 unspecified atom stereocenters. The Morgan fingerprint density at radius 2 is 2.17 bits per heavy atom. The van der Waals surface area contributed by atoms with E-state index in [4.69, 9.17) is 11.6 Å². The zero-order valence-corrected chi connectivity index (χ0v) is 11.9. The highest BCUT2D eigenvalue weighted by Gasteiger charge is 2.17. The predicted octanol–water partition coefficient (Wildman–Crippen LogP) is 3.46. The molecule has 0 radical (unpaired) electrons. The third-order valence-electron chi connectivity index (χ3n) is 3.41. The number of likely N-dealkylation sites (tertiary alicyclic amines) is 1. The zero-order valence-electron chi connectivity index (χ0n) is 10.3. The summed E-state index contributed by atoms with van der Waals surface area (Å²) in [5.41, 5.74) is 0.989. The third kappa shape index (κ3) is 2.46. The van der Waals surface area contributed by atoms with E-state index in [0.717, 1.165) is 33.5 Å². The molecule has 5 heteroatoms. The Morgan fingerprint density at radius 3 is 2.89 bits per heavy atom. The summed E-state index contributed by atoms with van der Waals surface area (Å²) < 4.78 is 1.08. The largest absolute Gasteiger partial charge is 0.359 e. The number of aromatic nitrogens is 1. The number of hydrogen-bond donors (Lipinski definition) is 1. The second-order valence-electron chi connectivity index (χ2n) is 4.83. The first kappa shape index (κ1) is 12.2. The predicted molar refractivity (Wildman–Crippen MR) is 78.8 cm³/mol. The molecular formula is C13H16ClN3S. The Labute approximate surface area is 116 Å². The Bertz CT molecular complexity index is 546. The number of piperidine rings is 1. The highest BCUT2D eigenvalue weighted by atomic mass is 35.5. The summed E-state index contributed by atoms with van der Waals surface area (Å²) in [4.78, 5) is 6.96. The van der Waals surface area contributed by atoms with Crippen molar-refractivity contribution in [1.82, 2.24) is 9.88 Å². The van der Waals surface area contributed by atoms with Crippen LogP contribution in [-0.2, 0) is 0 Å². The fourth-order valence-electron chi connectivity index (χ4n) is 2.30. The van der Waals surface area contributed by atoms with Crippen molar-refractivity contribution in [2.45, 2.75) is 18.9 Å². The lowest BCUT2D eigenvalue weighted by Crippen LogP contribution is -2.36. The van der Waals surface area contributed by atoms with E-state index in [0.29, 0.717) is 6.04 Å². The van der Waals surface area contributed by atoms with Crippen LogP contribution in [0.2, 0.25) is 5.02 Å². The minimum absolute atomic E-state index is 0.542. The normalized spacial score (nSPS) is 18.3. The lowest BCUT2D eigenvalue weighted by molar-refractivity contribution is 0.264. The number of rotatable bonds is 2. The van der Waals surface area contributed by atoms with Crippen LogP contribution in [0.3, 0.4) is 0 Å². The van der Waals surface area contributed by atoms with Crippen LogP contribution < -0.4 is 5.32 Å². The van der Waals surface area contributed by atoms with Crippen LogP contribution >= 0.6 is 22.9 Å². The molecule has 0 spiro atoms. The third-order valence-corrected chi connectivity index (χ3v) is 4.88. The second-order valence-corrected chi connectivity index (χ2v) is 6.24. The summed E-state index contributed by atoms with van der Waals surface area (Å²) in [5.74, 6) is 0. The van der Waals surface area contributed by atoms with Crippen LogP contribution in [0.5, 0.6) is 0 Å². The molecule has 18 heavy (non-hydrogen) atoms. The quantitative estimate of drug-likeness (QED) is 0.914. The Kier molecular flexibility index (Phi) is 3.41. The van der Waals surface area contributed by atoms with E-state index in [1.54, 1.807) is 11.3 Å². The summed E-state index contributed by atoms with van der Waals surface area (Å²) >= 11 is 7.82. The maximum Gasteiger partial charge on any atom is 0.184 e. The molecule has 3 rings (SSSR count). The number of thiazole rings is 1. The summed E-state index contributed by atoms with van der Waals surface area (Å²) in [7, 11) is 2.17. The second kappa shape index (κ2) is 5.03. The van der Waals surface area contributed by atoms with Gasteiger partial charge in [0.2, 0.25) is 0 Å². The number of fused-ring (bicyclic) bond motifs is 1. The first-order chi connectivity index (χ1) is 8.72. The van der Waals surface area contributed by atoms with Crippen molar-refractivity contribution in [3.05, 3.63) is 23.2 Å². The number of halogens is 1. The van der Waals surface area contributed by atoms with E-state index in [-0.39, 0.29) is 0 Å². The fraction of sp³-hybridized carbons (Fsp3) is 0.462. The van der Waals surface area contributed by atoms with Crippen molar-refractivity contribution in [2.24, 2.45) is 0 Å². The number of benzene rings is 1. The number of nitrogens with zero attached hydrogens (tertiary/aromatic N) is 2. The summed E-state index contributed by atoms with van der Waals surface area (Å²) in [6, 6.07) is 6.42. The van der Waals surface area contributed by atoms with Gasteiger partial charge >= 0.3 is 0 Å². The lowest BCUT2D eigenvalue weighted by atomic mass is 10.1. The van der Waals surface area contributed by atoms with E-state index in [9.17, 15) is 0 Å². The monoisotopic (exact) mass is 281 g/mol. The molecule has 0 saturated carbocycles. The van der Waals surface area contributed by atoms with E-state index in [2.05, 4.69) is 22.2 Å². The molecule has 1 aliphatic rings. The highest BCUT2D eigenvalue weighted by Crippen LogP contribution is 2.32. The van der Waals surface area contributed by atoms with Gasteiger partial charge in [0.15, 0.2) is 5.13 Å². The van der Waals surface area contributed by atoms with Gasteiger partial charge in [-0.15, -0.1) is 0 Å². The van der Waals surface area contributed by atoms with Crippen LogP contribution in [0, 0.1) is 0 Å². The maximum absolute atomic E-state index is 6.17. The Hall–Kier alpha value is -0.840. The van der Waals surface area contributed by atoms with Crippen molar-refractivity contribution < 1.29 is 0 Å². The van der Waals surface area contributed by atoms with Gasteiger partial charge in [0.25, 0.3) is 0 Å². The number of nitrogens with one attached hydrogen (secondary N) is 1. The molecule has 2 aromatic rings. The number of anilines is 1. The summed E-state index contributed by atoms with van der Waals surface area (Å²) in [6.07, 6.45) is 2.36. The average molecular weight is 282 g/mol. The van der Waals surface area contributed by atoms with Gasteiger partial charge in [0.1, 0.15) is 0 Å². The number of hydrogen-bond acceptors (Lipinski definition) is 4. The fourth-order valence-corrected chi connectivity index (χ4v) is 3.54. The van der Waals surface area contributed by atoms with E-state index in [1.165, 1.54) is 12.8 Å². The van der Waals surface area contributed by atoms with E-state index < -0.39 is 0 Å². The first-order valence-electron chi connectivity index (χ1n) is 6.22. The van der Waals surface area contributed by atoms with Gasteiger partial charge in [-0.1, -0.05) is 29.0 Å². The van der Waals surface area contributed by atoms with Crippen molar-refractivity contribution in [3.8, 4) is 0 Å². The zero-order chi connectivity index (χ0) is 12.5. The van der Waals surface area contributed by atoms with Gasteiger partial charge in [-0.25, -0.2) is 4.98 Å². The average Bonchev–Trinajstić information content (AvgIpc) is 2.76. The molecule has 3 nitrogen and oxygen atoms in total. The van der Waals surface area contributed by atoms with Gasteiger partial charge in [0, 0.05) is 6.04 Å². The van der Waals surface area contributed by atoms with Crippen molar-refractivity contribution in [3.63, 3.8) is 0 Å². The van der Waals surface area contributed by atoms with Crippen molar-refractivity contribution in [2.75, 3.05) is 25.5 Å². The molecule has 1 aromatic carbocycles. The molecule has 1 saturated heterocycles. The summed E-state index contributed by atoms with van der Waals surface area (Å²) in [6.45, 7) is 2.31. The Balaban J connectivity index is 1.77. The molecule has 2 heterocycles. The Morgan fingerprint density at radius 1 is 1.39 bits per heavy atom. The first-order valence-corrected chi connectivity index (χ1v) is 7.42. The van der Waals surface area contributed by atoms with Gasteiger partial charge < -0.3 is 10.2 Å². The molecule has 0 aliphatic carbocycles. The molecule has 1 N–H and O–H groups in total. The summed E-state index contributed by atoms with van der Waals surface area (Å²) in [5, 5.41) is 5.33. The van der Waals surface area contributed by atoms with E-state index in [1.807, 2.05) is 18.2 Å². The van der Waals surface area contributed by atoms with Crippen LogP contribution in [0.25, 0.3) is 10.2 Å². The standard InChI is InChI=1S/C13H16ClN3S/c1-17-7-5-9(6-8-17)15-13-16-11-4-2-3-10(14)12(11)18-13/h2-4,9H,5-8H2,1H3,(H,15,16). The molecule has 0 amide bonds. The van der Waals surface area contributed by atoms with Crippen LogP contribution in [0.4, 0.5) is 5.13 Å². The smallest absolute Gasteiger partial charge is 0.184 e. The molecular weight excluding hydrogens is 266 g/mol. The van der Waals surface area contributed by atoms with Crippen LogP contribution in [0.15, 0.2) is 18.2 Å². The molecule has 1 aromatic heterocycles. The molecule has 0 bridgehead atoms. The molecule has 0 atom stereocenters. The van der Waals surface area contributed by atoms with Gasteiger partial charge in [-0.2, -0.15) is 0 Å². The molecule has 1 aliphatic heterocycles. The lowest BCUT2D eigenvalue weighted by Gasteiger charge is -2.29. The SMILES string of the molecule is CN1CCC(Nc2nc3cccc(Cl)c3s2)CC1. The van der Waals surface area contributed by atoms with Gasteiger partial charge in [0.05, 0.1) is 15.2 Å². The molecule has 96 valence electrons. The van der Waals surface area contributed by atoms with Crippen molar-refractivity contribution in [1.29, 1.82) is 0 Å². The minimum atomic E-state index is 0.542. The van der Waals surface area contributed by atoms with Crippen molar-refractivity contribution >= 4 is 38.3 Å². The highest BCUT2D eigenvalue weighted by molar-refractivity contribution is 7.22.